The fourth-order valence-electron chi connectivity index (χ4n) is 3.33. The second-order valence-electron chi connectivity index (χ2n) is 7.68. The first-order chi connectivity index (χ1) is 10.3. The summed E-state index contributed by atoms with van der Waals surface area (Å²) in [4.78, 5) is 14.0. The number of amides is 1. The van der Waals surface area contributed by atoms with E-state index in [9.17, 15) is 4.79 Å². The Morgan fingerprint density at radius 2 is 1.82 bits per heavy atom. The van der Waals surface area contributed by atoms with Gasteiger partial charge >= 0.3 is 6.09 Å². The predicted octanol–water partition coefficient (Wildman–Crippen LogP) is 4.39. The van der Waals surface area contributed by atoms with Gasteiger partial charge in [0.15, 0.2) is 0 Å². The molecular weight excluding hydrogens is 393 g/mol. The van der Waals surface area contributed by atoms with Crippen molar-refractivity contribution in [3.8, 4) is 0 Å². The number of nitrogens with zero attached hydrogens (tertiary/aromatic N) is 1. The van der Waals surface area contributed by atoms with Gasteiger partial charge in [-0.3, -0.25) is 0 Å². The van der Waals surface area contributed by atoms with Crippen molar-refractivity contribution < 1.29 is 14.3 Å². The standard InChI is InChI=1S/C17H30INO3/c1-12(13-8-6-5-7-9-13)21-15-11-19(10-14(15)18)16(20)22-17(2,3)4/h12-15H,5-11H2,1-4H3. The SMILES string of the molecule is CC(OC1CN(C(=O)OC(C)(C)C)CC1I)C1CCCCC1. The van der Waals surface area contributed by atoms with Crippen LogP contribution < -0.4 is 0 Å². The van der Waals surface area contributed by atoms with Crippen molar-refractivity contribution in [1.29, 1.82) is 0 Å². The molecule has 0 aromatic carbocycles. The van der Waals surface area contributed by atoms with E-state index in [2.05, 4.69) is 29.5 Å². The van der Waals surface area contributed by atoms with Crippen LogP contribution in [0.2, 0.25) is 0 Å². The van der Waals surface area contributed by atoms with E-state index in [1.165, 1.54) is 32.1 Å². The lowest BCUT2D eigenvalue weighted by molar-refractivity contribution is -0.0340. The molecular formula is C17H30INO3. The van der Waals surface area contributed by atoms with Crippen molar-refractivity contribution in [2.24, 2.45) is 5.92 Å². The van der Waals surface area contributed by atoms with E-state index in [1.54, 1.807) is 4.90 Å². The average molecular weight is 423 g/mol. The Morgan fingerprint density at radius 1 is 1.18 bits per heavy atom. The number of halogens is 1. The quantitative estimate of drug-likeness (QED) is 0.499. The van der Waals surface area contributed by atoms with E-state index >= 15 is 0 Å². The van der Waals surface area contributed by atoms with Crippen molar-refractivity contribution in [3.63, 3.8) is 0 Å². The van der Waals surface area contributed by atoms with Gasteiger partial charge in [-0.2, -0.15) is 0 Å². The highest BCUT2D eigenvalue weighted by Crippen LogP contribution is 2.31. The zero-order chi connectivity index (χ0) is 16.3. The number of rotatable bonds is 3. The number of carbonyl (C=O) groups excluding carboxylic acids is 1. The molecule has 3 unspecified atom stereocenters. The van der Waals surface area contributed by atoms with E-state index in [1.807, 2.05) is 20.8 Å². The molecule has 1 saturated carbocycles. The number of carbonyl (C=O) groups is 1. The molecule has 1 aliphatic carbocycles. The summed E-state index contributed by atoms with van der Waals surface area (Å²) in [6.45, 7) is 9.29. The third-order valence-corrected chi connectivity index (χ3v) is 5.75. The van der Waals surface area contributed by atoms with Crippen LogP contribution in [0, 0.1) is 5.92 Å². The lowest BCUT2D eigenvalue weighted by atomic mass is 9.86. The van der Waals surface area contributed by atoms with E-state index in [4.69, 9.17) is 9.47 Å². The second kappa shape index (κ2) is 7.69. The fraction of sp³-hybridized carbons (Fsp3) is 0.941. The average Bonchev–Trinajstić information content (AvgIpc) is 2.79. The summed E-state index contributed by atoms with van der Waals surface area (Å²) in [6.07, 6.45) is 6.82. The van der Waals surface area contributed by atoms with E-state index in [0.29, 0.717) is 22.5 Å². The van der Waals surface area contributed by atoms with Crippen LogP contribution in [-0.4, -0.2) is 45.8 Å². The van der Waals surface area contributed by atoms with Crippen LogP contribution in [0.15, 0.2) is 0 Å². The van der Waals surface area contributed by atoms with Crippen molar-refractivity contribution in [2.45, 2.75) is 81.5 Å². The molecule has 0 aromatic rings. The predicted molar refractivity (Wildman–Crippen MR) is 96.5 cm³/mol. The first-order valence-corrected chi connectivity index (χ1v) is 9.78. The fourth-order valence-corrected chi connectivity index (χ4v) is 4.20. The molecule has 1 saturated heterocycles. The second-order valence-corrected chi connectivity index (χ2v) is 9.28. The molecule has 0 aromatic heterocycles. The van der Waals surface area contributed by atoms with E-state index < -0.39 is 5.60 Å². The number of hydrogen-bond acceptors (Lipinski definition) is 3. The summed E-state index contributed by atoms with van der Waals surface area (Å²) in [5.74, 6) is 0.688. The maximum Gasteiger partial charge on any atom is 0.410 e. The largest absolute Gasteiger partial charge is 0.444 e. The van der Waals surface area contributed by atoms with Crippen LogP contribution in [0.5, 0.6) is 0 Å². The van der Waals surface area contributed by atoms with Gasteiger partial charge in [0.25, 0.3) is 0 Å². The van der Waals surface area contributed by atoms with Gasteiger partial charge in [-0.25, -0.2) is 4.79 Å². The minimum absolute atomic E-state index is 0.130. The molecule has 5 heteroatoms. The van der Waals surface area contributed by atoms with Gasteiger partial charge in [0.05, 0.1) is 22.7 Å². The van der Waals surface area contributed by atoms with Crippen molar-refractivity contribution in [1.82, 2.24) is 4.90 Å². The lowest BCUT2D eigenvalue weighted by Crippen LogP contribution is -2.37. The highest BCUT2D eigenvalue weighted by atomic mass is 127. The lowest BCUT2D eigenvalue weighted by Gasteiger charge is -2.30. The molecule has 2 aliphatic rings. The molecule has 0 N–H and O–H groups in total. The smallest absolute Gasteiger partial charge is 0.410 e. The first-order valence-electron chi connectivity index (χ1n) is 8.54. The van der Waals surface area contributed by atoms with Gasteiger partial charge in [0.2, 0.25) is 0 Å². The van der Waals surface area contributed by atoms with Gasteiger partial charge in [-0.1, -0.05) is 41.9 Å². The number of alkyl halides is 1. The molecule has 0 bridgehead atoms. The zero-order valence-corrected chi connectivity index (χ0v) is 16.5. The molecule has 0 spiro atoms. The summed E-state index contributed by atoms with van der Waals surface area (Å²) >= 11 is 2.41. The monoisotopic (exact) mass is 423 g/mol. The molecule has 0 radical (unpaired) electrons. The van der Waals surface area contributed by atoms with E-state index in [0.717, 1.165) is 6.54 Å². The van der Waals surface area contributed by atoms with Crippen molar-refractivity contribution in [2.75, 3.05) is 13.1 Å². The Labute approximate surface area is 148 Å². The molecule has 22 heavy (non-hydrogen) atoms. The van der Waals surface area contributed by atoms with Crippen LogP contribution in [0.1, 0.15) is 59.8 Å². The number of ether oxygens (including phenoxy) is 2. The third-order valence-electron chi connectivity index (χ3n) is 4.55. The summed E-state index contributed by atoms with van der Waals surface area (Å²) in [5.41, 5.74) is -0.438. The van der Waals surface area contributed by atoms with Gasteiger partial charge in [-0.05, 0) is 46.5 Å². The minimum Gasteiger partial charge on any atom is -0.444 e. The molecule has 3 atom stereocenters. The van der Waals surface area contributed by atoms with Gasteiger partial charge in [0.1, 0.15) is 5.60 Å². The van der Waals surface area contributed by atoms with Gasteiger partial charge < -0.3 is 14.4 Å². The minimum atomic E-state index is -0.438. The maximum atomic E-state index is 12.2. The summed E-state index contributed by atoms with van der Waals surface area (Å²) in [6, 6.07) is 0. The maximum absolute atomic E-state index is 12.2. The first kappa shape index (κ1) is 18.3. The zero-order valence-electron chi connectivity index (χ0n) is 14.3. The van der Waals surface area contributed by atoms with Crippen LogP contribution in [0.25, 0.3) is 0 Å². The number of likely N-dealkylation sites (tertiary alicyclic amines) is 1. The summed E-state index contributed by atoms with van der Waals surface area (Å²) in [7, 11) is 0. The highest BCUT2D eigenvalue weighted by Gasteiger charge is 2.38. The van der Waals surface area contributed by atoms with Crippen LogP contribution >= 0.6 is 22.6 Å². The molecule has 128 valence electrons. The van der Waals surface area contributed by atoms with Crippen LogP contribution in [-0.2, 0) is 9.47 Å². The Hall–Kier alpha value is -0.0400. The molecule has 4 nitrogen and oxygen atoms in total. The molecule has 1 aliphatic heterocycles. The topological polar surface area (TPSA) is 38.8 Å². The van der Waals surface area contributed by atoms with Gasteiger partial charge in [-0.15, -0.1) is 0 Å². The molecule has 2 fully saturated rings. The van der Waals surface area contributed by atoms with E-state index in [-0.39, 0.29) is 12.2 Å². The number of hydrogen-bond donors (Lipinski definition) is 0. The summed E-state index contributed by atoms with van der Waals surface area (Å²) in [5, 5.41) is 0. The highest BCUT2D eigenvalue weighted by molar-refractivity contribution is 14.1. The van der Waals surface area contributed by atoms with Crippen LogP contribution in [0.3, 0.4) is 0 Å². The van der Waals surface area contributed by atoms with Crippen LogP contribution in [0.4, 0.5) is 4.79 Å². The Morgan fingerprint density at radius 3 is 2.41 bits per heavy atom. The Balaban J connectivity index is 1.84. The molecule has 1 heterocycles. The Kier molecular flexibility index (Phi) is 6.39. The normalized spacial score (nSPS) is 28.7. The molecule has 2 rings (SSSR count). The third kappa shape index (κ3) is 5.25. The Bertz CT molecular complexity index is 377. The van der Waals surface area contributed by atoms with Gasteiger partial charge in [0, 0.05) is 6.54 Å². The van der Waals surface area contributed by atoms with Crippen molar-refractivity contribution in [3.05, 3.63) is 0 Å². The molecule has 1 amide bonds. The van der Waals surface area contributed by atoms with Crippen molar-refractivity contribution >= 4 is 28.7 Å². The summed E-state index contributed by atoms with van der Waals surface area (Å²) < 4.78 is 12.1.